The van der Waals surface area contributed by atoms with Crippen LogP contribution in [-0.4, -0.2) is 5.12 Å². The van der Waals surface area contributed by atoms with E-state index >= 15 is 0 Å². The number of hydrogen-bond donors (Lipinski definition) is 1. The fourth-order valence-electron chi connectivity index (χ4n) is 2.05. The summed E-state index contributed by atoms with van der Waals surface area (Å²) < 4.78 is 0. The molecular weight excluding hydrogens is 218 g/mol. The number of nitriles is 1. The molecule has 0 aromatic carbocycles. The van der Waals surface area contributed by atoms with Gasteiger partial charge in [-0.15, -0.1) is 12.6 Å². The second kappa shape index (κ2) is 6.75. The van der Waals surface area contributed by atoms with Crippen molar-refractivity contribution < 1.29 is 4.79 Å². The molecule has 1 rings (SSSR count). The van der Waals surface area contributed by atoms with Crippen molar-refractivity contribution in [3.63, 3.8) is 0 Å². The van der Waals surface area contributed by atoms with Crippen LogP contribution in [0.1, 0.15) is 45.4 Å². The van der Waals surface area contributed by atoms with Gasteiger partial charge < -0.3 is 0 Å². The van der Waals surface area contributed by atoms with E-state index in [1.54, 1.807) is 0 Å². The highest BCUT2D eigenvalue weighted by Gasteiger charge is 2.18. The number of nitrogens with zero attached hydrogens (tertiary/aromatic N) is 1. The van der Waals surface area contributed by atoms with E-state index < -0.39 is 0 Å². The molecule has 88 valence electrons. The van der Waals surface area contributed by atoms with Crippen LogP contribution in [0.15, 0.2) is 11.6 Å². The van der Waals surface area contributed by atoms with Gasteiger partial charge in [-0.05, 0) is 38.5 Å². The minimum atomic E-state index is -0.0747. The molecule has 0 fully saturated rings. The molecule has 2 nitrogen and oxygen atoms in total. The summed E-state index contributed by atoms with van der Waals surface area (Å²) in [4.78, 5) is 11.0. The first-order chi connectivity index (χ1) is 7.65. The minimum Gasteiger partial charge on any atom is -0.287 e. The van der Waals surface area contributed by atoms with Gasteiger partial charge in [-0.2, -0.15) is 5.26 Å². The van der Waals surface area contributed by atoms with Crippen molar-refractivity contribution in [2.75, 3.05) is 0 Å². The third-order valence-corrected chi connectivity index (χ3v) is 3.68. The molecule has 0 N–H and O–H groups in total. The molecule has 0 bridgehead atoms. The Bertz CT molecular complexity index is 316. The molecule has 2 unspecified atom stereocenters. The van der Waals surface area contributed by atoms with Crippen molar-refractivity contribution in [3.8, 4) is 6.07 Å². The van der Waals surface area contributed by atoms with Crippen LogP contribution in [0.2, 0.25) is 0 Å². The average molecular weight is 237 g/mol. The lowest BCUT2D eigenvalue weighted by Gasteiger charge is -2.18. The molecule has 2 atom stereocenters. The van der Waals surface area contributed by atoms with Crippen LogP contribution in [-0.2, 0) is 4.79 Å². The minimum absolute atomic E-state index is 0.00966. The van der Waals surface area contributed by atoms with Crippen LogP contribution >= 0.6 is 12.6 Å². The Balaban J connectivity index is 2.46. The van der Waals surface area contributed by atoms with Gasteiger partial charge in [-0.3, -0.25) is 4.79 Å². The number of thiol groups is 1. The predicted octanol–water partition coefficient (Wildman–Crippen LogP) is 3.50. The van der Waals surface area contributed by atoms with Gasteiger partial charge in [0.2, 0.25) is 0 Å². The summed E-state index contributed by atoms with van der Waals surface area (Å²) in [6.07, 6.45) is 8.37. The fraction of sp³-hybridized carbons (Fsp3) is 0.692. The van der Waals surface area contributed by atoms with Gasteiger partial charge >= 0.3 is 0 Å². The number of carbonyl (C=O) groups excluding carboxylic acids is 1. The summed E-state index contributed by atoms with van der Waals surface area (Å²) in [5.74, 6) is -0.0289. The van der Waals surface area contributed by atoms with Crippen LogP contribution in [0, 0.1) is 23.2 Å². The zero-order chi connectivity index (χ0) is 12.0. The van der Waals surface area contributed by atoms with Gasteiger partial charge in [0.05, 0.1) is 12.0 Å². The van der Waals surface area contributed by atoms with E-state index in [-0.39, 0.29) is 17.0 Å². The molecule has 0 aliphatic heterocycles. The second-order valence-corrected chi connectivity index (χ2v) is 4.96. The highest BCUT2D eigenvalue weighted by atomic mass is 32.1. The average Bonchev–Trinajstić information content (AvgIpc) is 2.30. The highest BCUT2D eigenvalue weighted by Crippen LogP contribution is 2.28. The van der Waals surface area contributed by atoms with Gasteiger partial charge in [-0.25, -0.2) is 0 Å². The monoisotopic (exact) mass is 237 g/mol. The maximum atomic E-state index is 11.0. The lowest BCUT2D eigenvalue weighted by atomic mass is 9.86. The van der Waals surface area contributed by atoms with Gasteiger partial charge in [0.15, 0.2) is 5.12 Å². The van der Waals surface area contributed by atoms with Gasteiger partial charge in [-0.1, -0.05) is 18.6 Å². The zero-order valence-corrected chi connectivity index (χ0v) is 10.7. The van der Waals surface area contributed by atoms with Crippen LogP contribution in [0.25, 0.3) is 0 Å². The van der Waals surface area contributed by atoms with E-state index in [2.05, 4.69) is 24.8 Å². The molecule has 0 spiro atoms. The van der Waals surface area contributed by atoms with Crippen molar-refractivity contribution in [2.24, 2.45) is 11.8 Å². The fourth-order valence-corrected chi connectivity index (χ4v) is 2.18. The Morgan fingerprint density at radius 1 is 1.56 bits per heavy atom. The Morgan fingerprint density at radius 3 is 2.81 bits per heavy atom. The van der Waals surface area contributed by atoms with Crippen molar-refractivity contribution in [1.82, 2.24) is 0 Å². The lowest BCUT2D eigenvalue weighted by molar-refractivity contribution is -0.113. The first kappa shape index (κ1) is 13.3. The molecule has 3 heteroatoms. The van der Waals surface area contributed by atoms with Crippen molar-refractivity contribution in [1.29, 1.82) is 5.26 Å². The summed E-state index contributed by atoms with van der Waals surface area (Å²) in [6.45, 7) is 1.87. The number of carbonyl (C=O) groups is 1. The topological polar surface area (TPSA) is 40.9 Å². The first-order valence-electron chi connectivity index (χ1n) is 5.96. The highest BCUT2D eigenvalue weighted by molar-refractivity contribution is 7.96. The maximum absolute atomic E-state index is 11.0. The summed E-state index contributed by atoms with van der Waals surface area (Å²) in [6, 6.07) is 2.36. The number of hydrogen-bond acceptors (Lipinski definition) is 2. The van der Waals surface area contributed by atoms with E-state index in [4.69, 9.17) is 5.26 Å². The van der Waals surface area contributed by atoms with E-state index in [0.717, 1.165) is 25.7 Å². The molecule has 0 amide bonds. The third-order valence-electron chi connectivity index (χ3n) is 3.24. The molecule has 16 heavy (non-hydrogen) atoms. The van der Waals surface area contributed by atoms with Crippen LogP contribution in [0.5, 0.6) is 0 Å². The summed E-state index contributed by atoms with van der Waals surface area (Å²) in [5, 5.41) is 9.06. The van der Waals surface area contributed by atoms with E-state index in [0.29, 0.717) is 0 Å². The lowest BCUT2D eigenvalue weighted by Crippen LogP contribution is -2.10. The van der Waals surface area contributed by atoms with E-state index in [9.17, 15) is 4.79 Å². The molecular formula is C13H19NOS. The molecule has 0 radical (unpaired) electrons. The van der Waals surface area contributed by atoms with Crippen LogP contribution < -0.4 is 0 Å². The first-order valence-corrected chi connectivity index (χ1v) is 6.41. The summed E-state index contributed by atoms with van der Waals surface area (Å²) in [7, 11) is 0. The third kappa shape index (κ3) is 4.02. The second-order valence-electron chi connectivity index (χ2n) is 4.52. The van der Waals surface area contributed by atoms with Crippen LogP contribution in [0.3, 0.4) is 0 Å². The molecule has 1 aliphatic rings. The van der Waals surface area contributed by atoms with Crippen LogP contribution in [0.4, 0.5) is 0 Å². The van der Waals surface area contributed by atoms with Gasteiger partial charge in [0.25, 0.3) is 0 Å². The van der Waals surface area contributed by atoms with Crippen molar-refractivity contribution in [3.05, 3.63) is 11.6 Å². The van der Waals surface area contributed by atoms with E-state index in [1.165, 1.54) is 18.4 Å². The molecule has 0 aromatic heterocycles. The molecule has 0 heterocycles. The largest absolute Gasteiger partial charge is 0.287 e. The molecule has 0 saturated carbocycles. The Morgan fingerprint density at radius 2 is 2.31 bits per heavy atom. The quantitative estimate of drug-likeness (QED) is 0.587. The molecule has 0 aromatic rings. The Labute approximate surface area is 103 Å². The number of rotatable bonds is 5. The van der Waals surface area contributed by atoms with Gasteiger partial charge in [0.1, 0.15) is 0 Å². The predicted molar refractivity (Wildman–Crippen MR) is 68.0 cm³/mol. The van der Waals surface area contributed by atoms with Gasteiger partial charge in [0, 0.05) is 5.92 Å². The summed E-state index contributed by atoms with van der Waals surface area (Å²) >= 11 is 3.82. The molecule has 0 saturated heterocycles. The number of allylic oxidation sites excluding steroid dienone is 2. The standard InChI is InChI=1S/C13H19NOS/c1-10(13(15)16)7-8-12(9-14)11-5-3-2-4-6-11/h5,10,12H,2-4,6-8H2,1H3,(H,15,16). The SMILES string of the molecule is CC(CCC(C#N)C1=CCCCC1)C(=O)S. The maximum Gasteiger partial charge on any atom is 0.188 e. The Kier molecular flexibility index (Phi) is 5.62. The van der Waals surface area contributed by atoms with Crippen molar-refractivity contribution in [2.45, 2.75) is 45.4 Å². The van der Waals surface area contributed by atoms with Crippen molar-refractivity contribution >= 4 is 17.7 Å². The zero-order valence-electron chi connectivity index (χ0n) is 9.78. The smallest absolute Gasteiger partial charge is 0.188 e. The Hall–Kier alpha value is -0.750. The molecule has 1 aliphatic carbocycles. The summed E-state index contributed by atoms with van der Waals surface area (Å²) in [5.41, 5.74) is 1.28. The van der Waals surface area contributed by atoms with E-state index in [1.807, 2.05) is 6.92 Å². The normalized spacial score (nSPS) is 19.4.